The largest absolute Gasteiger partial charge is 0.496 e. The van der Waals surface area contributed by atoms with Gasteiger partial charge >= 0.3 is 0 Å². The summed E-state index contributed by atoms with van der Waals surface area (Å²) in [5.41, 5.74) is 4.79. The predicted molar refractivity (Wildman–Crippen MR) is 98.7 cm³/mol. The second-order valence-electron chi connectivity index (χ2n) is 6.50. The molecule has 1 fully saturated rings. The number of ether oxygens (including phenoxy) is 1. The summed E-state index contributed by atoms with van der Waals surface area (Å²) >= 11 is 3.58. The number of likely N-dealkylation sites (tertiary alicyclic amines) is 1. The highest BCUT2D eigenvalue weighted by molar-refractivity contribution is 9.10. The molecule has 0 atom stereocenters. The molecule has 0 N–H and O–H groups in total. The highest BCUT2D eigenvalue weighted by atomic mass is 79.9. The highest BCUT2D eigenvalue weighted by Crippen LogP contribution is 2.46. The number of hydrogen-bond donors (Lipinski definition) is 0. The molecule has 2 aromatic carbocycles. The van der Waals surface area contributed by atoms with E-state index < -0.39 is 0 Å². The molecule has 2 aromatic rings. The molecule has 4 heteroatoms. The van der Waals surface area contributed by atoms with Crippen LogP contribution in [0, 0.1) is 0 Å². The van der Waals surface area contributed by atoms with E-state index in [2.05, 4.69) is 20.8 Å². The Hall–Kier alpha value is -1.65. The van der Waals surface area contributed by atoms with Crippen LogP contribution in [-0.2, 0) is 6.54 Å². The van der Waals surface area contributed by atoms with Crippen molar-refractivity contribution in [2.75, 3.05) is 20.2 Å². The van der Waals surface area contributed by atoms with Crippen molar-refractivity contribution >= 4 is 21.7 Å². The number of fused-ring (bicyclic) bond motifs is 3. The third-order valence-corrected chi connectivity index (χ3v) is 5.69. The Kier molecular flexibility index (Phi) is 4.19. The van der Waals surface area contributed by atoms with Gasteiger partial charge in [0.25, 0.3) is 0 Å². The molecule has 0 amide bonds. The van der Waals surface area contributed by atoms with Crippen molar-refractivity contribution in [2.24, 2.45) is 0 Å². The van der Waals surface area contributed by atoms with Crippen LogP contribution in [0.4, 0.5) is 0 Å². The molecule has 1 aliphatic carbocycles. The number of methoxy groups -OCH3 is 1. The Bertz CT molecular complexity index is 810. The Morgan fingerprint density at radius 3 is 2.50 bits per heavy atom. The van der Waals surface area contributed by atoms with Crippen LogP contribution in [0.15, 0.2) is 34.8 Å². The fraction of sp³-hybridized carbons (Fsp3) is 0.350. The summed E-state index contributed by atoms with van der Waals surface area (Å²) in [6, 6.07) is 9.84. The van der Waals surface area contributed by atoms with Gasteiger partial charge in [0, 0.05) is 33.3 Å². The number of piperidine rings is 1. The molecule has 0 aromatic heterocycles. The molecule has 0 saturated carbocycles. The summed E-state index contributed by atoms with van der Waals surface area (Å²) in [4.78, 5) is 15.3. The number of halogens is 1. The maximum Gasteiger partial charge on any atom is 0.195 e. The van der Waals surface area contributed by atoms with Gasteiger partial charge in [-0.15, -0.1) is 0 Å². The van der Waals surface area contributed by atoms with E-state index in [-0.39, 0.29) is 5.78 Å². The van der Waals surface area contributed by atoms with Crippen molar-refractivity contribution in [3.05, 3.63) is 51.5 Å². The summed E-state index contributed by atoms with van der Waals surface area (Å²) in [7, 11) is 1.70. The number of rotatable bonds is 3. The van der Waals surface area contributed by atoms with E-state index in [9.17, 15) is 4.79 Å². The average molecular weight is 386 g/mol. The molecule has 0 unspecified atom stereocenters. The van der Waals surface area contributed by atoms with Gasteiger partial charge in [-0.25, -0.2) is 0 Å². The zero-order chi connectivity index (χ0) is 16.7. The number of carbonyl (C=O) groups excluding carboxylic acids is 1. The quantitative estimate of drug-likeness (QED) is 0.656. The van der Waals surface area contributed by atoms with Crippen LogP contribution in [0.25, 0.3) is 11.1 Å². The number of nitrogens with zero attached hydrogens (tertiary/aromatic N) is 1. The Morgan fingerprint density at radius 2 is 1.79 bits per heavy atom. The molecule has 0 spiro atoms. The first-order chi connectivity index (χ1) is 11.7. The fourth-order valence-electron chi connectivity index (χ4n) is 3.90. The van der Waals surface area contributed by atoms with Crippen molar-refractivity contribution in [1.29, 1.82) is 0 Å². The first kappa shape index (κ1) is 15.9. The second kappa shape index (κ2) is 6.34. The molecule has 1 saturated heterocycles. The van der Waals surface area contributed by atoms with E-state index in [0.29, 0.717) is 0 Å². The van der Waals surface area contributed by atoms with Crippen LogP contribution in [0.3, 0.4) is 0 Å². The van der Waals surface area contributed by atoms with Crippen LogP contribution in [0.2, 0.25) is 0 Å². The normalized spacial score (nSPS) is 16.8. The third-order valence-electron chi connectivity index (χ3n) is 5.06. The van der Waals surface area contributed by atoms with Gasteiger partial charge in [0.15, 0.2) is 5.78 Å². The topological polar surface area (TPSA) is 29.5 Å². The Morgan fingerprint density at radius 1 is 1.08 bits per heavy atom. The van der Waals surface area contributed by atoms with E-state index >= 15 is 0 Å². The zero-order valence-electron chi connectivity index (χ0n) is 13.8. The molecule has 3 nitrogen and oxygen atoms in total. The smallest absolute Gasteiger partial charge is 0.195 e. The van der Waals surface area contributed by atoms with E-state index in [1.807, 2.05) is 30.3 Å². The van der Waals surface area contributed by atoms with Gasteiger partial charge < -0.3 is 4.74 Å². The van der Waals surface area contributed by atoms with Crippen molar-refractivity contribution in [1.82, 2.24) is 4.90 Å². The van der Waals surface area contributed by atoms with E-state index in [1.165, 1.54) is 19.3 Å². The summed E-state index contributed by atoms with van der Waals surface area (Å²) in [5.74, 6) is 0.964. The summed E-state index contributed by atoms with van der Waals surface area (Å²) in [6.45, 7) is 3.06. The zero-order valence-corrected chi connectivity index (χ0v) is 15.4. The van der Waals surface area contributed by atoms with Gasteiger partial charge in [-0.2, -0.15) is 0 Å². The third kappa shape index (κ3) is 2.49. The van der Waals surface area contributed by atoms with Gasteiger partial charge in [0.05, 0.1) is 7.11 Å². The van der Waals surface area contributed by atoms with Crippen molar-refractivity contribution < 1.29 is 9.53 Å². The lowest BCUT2D eigenvalue weighted by molar-refractivity contribution is 0.104. The predicted octanol–water partition coefficient (Wildman–Crippen LogP) is 4.66. The molecule has 1 aliphatic heterocycles. The lowest BCUT2D eigenvalue weighted by atomic mass is 9.97. The van der Waals surface area contributed by atoms with Crippen LogP contribution in [0.5, 0.6) is 5.75 Å². The number of ketones is 1. The van der Waals surface area contributed by atoms with Crippen molar-refractivity contribution in [3.63, 3.8) is 0 Å². The monoisotopic (exact) mass is 385 g/mol. The van der Waals surface area contributed by atoms with Gasteiger partial charge in [-0.1, -0.05) is 30.7 Å². The van der Waals surface area contributed by atoms with Crippen LogP contribution in [-0.4, -0.2) is 30.9 Å². The maximum absolute atomic E-state index is 12.9. The lowest BCUT2D eigenvalue weighted by Gasteiger charge is -2.28. The number of benzene rings is 2. The first-order valence-corrected chi connectivity index (χ1v) is 9.26. The molecule has 124 valence electrons. The van der Waals surface area contributed by atoms with Crippen LogP contribution < -0.4 is 4.74 Å². The van der Waals surface area contributed by atoms with Gasteiger partial charge in [0.1, 0.15) is 5.75 Å². The molecule has 2 aliphatic rings. The summed E-state index contributed by atoms with van der Waals surface area (Å²) in [6.07, 6.45) is 3.81. The molecule has 1 heterocycles. The Balaban J connectivity index is 1.89. The second-order valence-corrected chi connectivity index (χ2v) is 7.36. The highest BCUT2D eigenvalue weighted by Gasteiger charge is 2.33. The van der Waals surface area contributed by atoms with E-state index in [0.717, 1.165) is 57.7 Å². The summed E-state index contributed by atoms with van der Waals surface area (Å²) < 4.78 is 6.49. The lowest BCUT2D eigenvalue weighted by Crippen LogP contribution is -2.29. The first-order valence-electron chi connectivity index (χ1n) is 8.46. The van der Waals surface area contributed by atoms with Gasteiger partial charge in [-0.3, -0.25) is 9.69 Å². The van der Waals surface area contributed by atoms with E-state index in [1.54, 1.807) is 7.11 Å². The minimum atomic E-state index is 0.107. The maximum atomic E-state index is 12.9. The van der Waals surface area contributed by atoms with Crippen molar-refractivity contribution in [3.8, 4) is 16.9 Å². The van der Waals surface area contributed by atoms with E-state index in [4.69, 9.17) is 4.74 Å². The molecular weight excluding hydrogens is 366 g/mol. The van der Waals surface area contributed by atoms with Gasteiger partial charge in [-0.05, 0) is 53.5 Å². The molecule has 0 radical (unpaired) electrons. The standard InChI is InChI=1S/C20H20BrNO2/c1-24-17-11-16(21)19-18(13-7-3-4-8-14(13)20(19)23)15(17)12-22-9-5-2-6-10-22/h3-4,7-8,11H,2,5-6,9-10,12H2,1H3. The Labute approximate surface area is 150 Å². The number of carbonyl (C=O) groups is 1. The van der Waals surface area contributed by atoms with Crippen molar-refractivity contribution in [2.45, 2.75) is 25.8 Å². The minimum absolute atomic E-state index is 0.107. The molecular formula is C20H20BrNO2. The SMILES string of the molecule is COc1cc(Br)c2c(c1CN1CCCCC1)-c1ccccc1C2=O. The molecule has 24 heavy (non-hydrogen) atoms. The average Bonchev–Trinajstić information content (AvgIpc) is 2.92. The molecule has 4 rings (SSSR count). The van der Waals surface area contributed by atoms with Crippen LogP contribution >= 0.6 is 15.9 Å². The minimum Gasteiger partial charge on any atom is -0.496 e. The summed E-state index contributed by atoms with van der Waals surface area (Å²) in [5, 5.41) is 0. The number of hydrogen-bond acceptors (Lipinski definition) is 3. The fourth-order valence-corrected chi connectivity index (χ4v) is 4.49. The van der Waals surface area contributed by atoms with Crippen LogP contribution in [0.1, 0.15) is 40.7 Å². The van der Waals surface area contributed by atoms with Gasteiger partial charge in [0.2, 0.25) is 0 Å². The molecule has 0 bridgehead atoms.